The Kier molecular flexibility index (Phi) is 6.14. The third-order valence-corrected chi connectivity index (χ3v) is 7.98. The van der Waals surface area contributed by atoms with Gasteiger partial charge in [-0.15, -0.1) is 0 Å². The normalized spacial score (nSPS) is 19.6. The van der Waals surface area contributed by atoms with Gasteiger partial charge >= 0.3 is 12.2 Å². The second-order valence-electron chi connectivity index (χ2n) is 8.21. The lowest BCUT2D eigenvalue weighted by Crippen LogP contribution is -2.59. The Bertz CT molecular complexity index is 1110. The number of hydrogen-bond donors (Lipinski definition) is 1. The highest BCUT2D eigenvalue weighted by Gasteiger charge is 2.44. The molecule has 180 valence electrons. The van der Waals surface area contributed by atoms with Crippen molar-refractivity contribution in [3.8, 4) is 0 Å². The number of nitrogens with zero attached hydrogens (tertiary/aromatic N) is 4. The minimum atomic E-state index is -4.45. The van der Waals surface area contributed by atoms with Gasteiger partial charge in [0.25, 0.3) is 10.0 Å². The Morgan fingerprint density at radius 3 is 2.39 bits per heavy atom. The number of ether oxygens (including phenoxy) is 1. The third-order valence-electron chi connectivity index (χ3n) is 6.01. The molecule has 0 aliphatic carbocycles. The number of rotatable bonds is 3. The number of urea groups is 1. The molecule has 1 N–H and O–H groups in total. The fraction of sp³-hybridized carbons (Fsp3) is 0.500. The van der Waals surface area contributed by atoms with E-state index in [0.717, 1.165) is 12.1 Å². The van der Waals surface area contributed by atoms with Gasteiger partial charge in [0.05, 0.1) is 36.8 Å². The van der Waals surface area contributed by atoms with E-state index in [-0.39, 0.29) is 37.0 Å². The highest BCUT2D eigenvalue weighted by Crippen LogP contribution is 2.33. The molecular formula is C20H24F3N5O4S. The van der Waals surface area contributed by atoms with Crippen molar-refractivity contribution in [3.63, 3.8) is 0 Å². The van der Waals surface area contributed by atoms with Crippen LogP contribution in [0.25, 0.3) is 0 Å². The number of amides is 2. The molecule has 0 unspecified atom stereocenters. The summed E-state index contributed by atoms with van der Waals surface area (Å²) in [6, 6.07) is 3.79. The first-order chi connectivity index (χ1) is 15.5. The molecule has 2 saturated heterocycles. The first-order valence-electron chi connectivity index (χ1n) is 10.3. The standard InChI is InChI=1S/C20H24F3N5O4S/c1-26-14-24-12-17(26)33(30,31)28-8-6-19(7-9-28)13-27(10-11-32-19)18(29)25-16-4-2-15(3-5-16)20(21,22)23/h2-5,12,14H,6-11,13H2,1H3,(H,25,29). The van der Waals surface area contributed by atoms with Crippen LogP contribution in [0.5, 0.6) is 0 Å². The summed E-state index contributed by atoms with van der Waals surface area (Å²) in [5.41, 5.74) is -1.21. The van der Waals surface area contributed by atoms with E-state index >= 15 is 0 Å². The van der Waals surface area contributed by atoms with Crippen LogP contribution < -0.4 is 5.32 Å². The van der Waals surface area contributed by atoms with Crippen LogP contribution in [-0.4, -0.2) is 71.6 Å². The number of alkyl halides is 3. The summed E-state index contributed by atoms with van der Waals surface area (Å²) in [5, 5.41) is 2.73. The number of hydrogen-bond acceptors (Lipinski definition) is 5. The Hall–Kier alpha value is -2.64. The van der Waals surface area contributed by atoms with Gasteiger partial charge in [-0.3, -0.25) is 0 Å². The number of piperidine rings is 1. The highest BCUT2D eigenvalue weighted by molar-refractivity contribution is 7.89. The molecule has 2 aliphatic heterocycles. The average Bonchev–Trinajstić information content (AvgIpc) is 3.21. The number of imidazole rings is 1. The zero-order valence-corrected chi connectivity index (χ0v) is 18.7. The van der Waals surface area contributed by atoms with Gasteiger partial charge in [0.2, 0.25) is 0 Å². The van der Waals surface area contributed by atoms with Crippen molar-refractivity contribution < 1.29 is 31.1 Å². The second kappa shape index (κ2) is 8.61. The van der Waals surface area contributed by atoms with Gasteiger partial charge in [-0.25, -0.2) is 18.2 Å². The van der Waals surface area contributed by atoms with Gasteiger partial charge in [-0.2, -0.15) is 17.5 Å². The molecule has 2 amide bonds. The molecule has 3 heterocycles. The molecule has 0 bridgehead atoms. The largest absolute Gasteiger partial charge is 0.416 e. The minimum Gasteiger partial charge on any atom is -0.371 e. The van der Waals surface area contributed by atoms with E-state index in [0.29, 0.717) is 19.4 Å². The average molecular weight is 488 g/mol. The quantitative estimate of drug-likeness (QED) is 0.718. The van der Waals surface area contributed by atoms with Gasteiger partial charge in [0.1, 0.15) is 0 Å². The van der Waals surface area contributed by atoms with Crippen molar-refractivity contribution in [2.24, 2.45) is 7.05 Å². The van der Waals surface area contributed by atoms with Crippen LogP contribution in [0.1, 0.15) is 18.4 Å². The van der Waals surface area contributed by atoms with Crippen LogP contribution in [0.15, 0.2) is 41.8 Å². The lowest BCUT2D eigenvalue weighted by Gasteiger charge is -2.46. The van der Waals surface area contributed by atoms with Gasteiger partial charge in [-0.05, 0) is 37.1 Å². The summed E-state index contributed by atoms with van der Waals surface area (Å²) < 4.78 is 72.7. The molecule has 9 nitrogen and oxygen atoms in total. The molecule has 13 heteroatoms. The molecular weight excluding hydrogens is 463 g/mol. The SMILES string of the molecule is Cn1cncc1S(=O)(=O)N1CCC2(CC1)CN(C(=O)Nc1ccc(C(F)(F)F)cc1)CCO2. The van der Waals surface area contributed by atoms with Crippen molar-refractivity contribution in [1.82, 2.24) is 18.8 Å². The maximum atomic E-state index is 12.9. The van der Waals surface area contributed by atoms with Crippen molar-refractivity contribution in [3.05, 3.63) is 42.4 Å². The van der Waals surface area contributed by atoms with Crippen LogP contribution in [-0.2, 0) is 28.0 Å². The number of morpholine rings is 1. The van der Waals surface area contributed by atoms with Gasteiger partial charge in [0, 0.05) is 32.4 Å². The van der Waals surface area contributed by atoms with Crippen molar-refractivity contribution in [2.45, 2.75) is 29.6 Å². The van der Waals surface area contributed by atoms with Crippen LogP contribution in [0, 0.1) is 0 Å². The van der Waals surface area contributed by atoms with E-state index in [1.807, 2.05) is 0 Å². The monoisotopic (exact) mass is 487 g/mol. The van der Waals surface area contributed by atoms with Crippen molar-refractivity contribution in [2.75, 3.05) is 38.1 Å². The Morgan fingerprint density at radius 1 is 1.15 bits per heavy atom. The number of anilines is 1. The van der Waals surface area contributed by atoms with E-state index in [4.69, 9.17) is 4.74 Å². The molecule has 2 aliphatic rings. The number of halogens is 3. The topological polar surface area (TPSA) is 96.8 Å². The first-order valence-corrected chi connectivity index (χ1v) is 11.8. The minimum absolute atomic E-state index is 0.112. The van der Waals surface area contributed by atoms with Crippen LogP contribution in [0.2, 0.25) is 0 Å². The summed E-state index contributed by atoms with van der Waals surface area (Å²) in [5.74, 6) is 0. The number of carbonyl (C=O) groups is 1. The van der Waals surface area contributed by atoms with Crippen LogP contribution in [0.3, 0.4) is 0 Å². The number of nitrogens with one attached hydrogen (secondary N) is 1. The molecule has 33 heavy (non-hydrogen) atoms. The lowest BCUT2D eigenvalue weighted by molar-refractivity contribution is -0.137. The molecule has 0 saturated carbocycles. The summed E-state index contributed by atoms with van der Waals surface area (Å²) in [7, 11) is -2.07. The van der Waals surface area contributed by atoms with Crippen molar-refractivity contribution in [1.29, 1.82) is 0 Å². The fourth-order valence-electron chi connectivity index (χ4n) is 4.13. The molecule has 2 fully saturated rings. The smallest absolute Gasteiger partial charge is 0.371 e. The Balaban J connectivity index is 1.37. The maximum Gasteiger partial charge on any atom is 0.416 e. The van der Waals surface area contributed by atoms with E-state index in [2.05, 4.69) is 10.3 Å². The van der Waals surface area contributed by atoms with Gasteiger partial charge < -0.3 is 19.5 Å². The second-order valence-corrected chi connectivity index (χ2v) is 10.1. The predicted octanol–water partition coefficient (Wildman–Crippen LogP) is 2.53. The lowest BCUT2D eigenvalue weighted by atomic mass is 9.90. The van der Waals surface area contributed by atoms with E-state index < -0.39 is 33.4 Å². The predicted molar refractivity (Wildman–Crippen MR) is 112 cm³/mol. The number of aryl methyl sites for hydroxylation is 1. The van der Waals surface area contributed by atoms with Gasteiger partial charge in [0.15, 0.2) is 5.03 Å². The number of benzene rings is 1. The summed E-state index contributed by atoms with van der Waals surface area (Å²) in [6.45, 7) is 1.35. The molecule has 4 rings (SSSR count). The van der Waals surface area contributed by atoms with E-state index in [1.54, 1.807) is 11.9 Å². The molecule has 1 spiro atoms. The first kappa shape index (κ1) is 23.5. The summed E-state index contributed by atoms with van der Waals surface area (Å²) in [4.78, 5) is 18.1. The maximum absolute atomic E-state index is 12.9. The van der Waals surface area contributed by atoms with E-state index in [1.165, 1.54) is 33.5 Å². The van der Waals surface area contributed by atoms with E-state index in [9.17, 15) is 26.4 Å². The Labute approximate surface area is 189 Å². The molecule has 1 aromatic carbocycles. The van der Waals surface area contributed by atoms with Crippen LogP contribution >= 0.6 is 0 Å². The number of sulfonamides is 1. The summed E-state index contributed by atoms with van der Waals surface area (Å²) in [6.07, 6.45) is -0.889. The zero-order valence-electron chi connectivity index (χ0n) is 17.9. The molecule has 2 aromatic rings. The number of carbonyl (C=O) groups excluding carboxylic acids is 1. The summed E-state index contributed by atoms with van der Waals surface area (Å²) >= 11 is 0. The zero-order chi connectivity index (χ0) is 23.9. The number of aromatic nitrogens is 2. The molecule has 0 radical (unpaired) electrons. The van der Waals surface area contributed by atoms with Crippen LogP contribution in [0.4, 0.5) is 23.7 Å². The molecule has 1 aromatic heterocycles. The fourth-order valence-corrected chi connectivity index (χ4v) is 5.66. The highest BCUT2D eigenvalue weighted by atomic mass is 32.2. The van der Waals surface area contributed by atoms with Gasteiger partial charge in [-0.1, -0.05) is 0 Å². The van der Waals surface area contributed by atoms with Crippen molar-refractivity contribution >= 4 is 21.7 Å². The third kappa shape index (κ3) is 4.84. The molecule has 0 atom stereocenters. The Morgan fingerprint density at radius 2 is 1.82 bits per heavy atom.